The Bertz CT molecular complexity index is 427. The van der Waals surface area contributed by atoms with E-state index in [9.17, 15) is 18.7 Å². The van der Waals surface area contributed by atoms with Crippen LogP contribution in [0.3, 0.4) is 0 Å². The number of phenols is 1. The number of aromatic hydroxyl groups is 1. The van der Waals surface area contributed by atoms with Gasteiger partial charge < -0.3 is 20.8 Å². The Balaban J connectivity index is 2.90. The van der Waals surface area contributed by atoms with E-state index in [0.717, 1.165) is 11.0 Å². The number of aliphatic hydroxyl groups is 1. The predicted molar refractivity (Wildman–Crippen MR) is 61.5 cm³/mol. The lowest BCUT2D eigenvalue weighted by molar-refractivity contribution is 0.0509. The third kappa shape index (κ3) is 3.56. The quantitative estimate of drug-likeness (QED) is 0.536. The van der Waals surface area contributed by atoms with Crippen LogP contribution in [0.2, 0.25) is 0 Å². The van der Waals surface area contributed by atoms with Crippen molar-refractivity contribution < 1.29 is 23.8 Å². The van der Waals surface area contributed by atoms with E-state index < -0.39 is 25.5 Å². The van der Waals surface area contributed by atoms with Crippen molar-refractivity contribution in [2.24, 2.45) is 0 Å². The summed E-state index contributed by atoms with van der Waals surface area (Å²) in [7, 11) is 0. The summed E-state index contributed by atoms with van der Waals surface area (Å²) < 4.78 is 24.6. The molecule has 7 heteroatoms. The molecular formula is C11H14F2N2O3. The van der Waals surface area contributed by atoms with Gasteiger partial charge >= 0.3 is 0 Å². The molecular weight excluding hydrogens is 246 g/mol. The smallest absolute Gasteiger partial charge is 0.255 e. The molecule has 0 saturated carbocycles. The van der Waals surface area contributed by atoms with Gasteiger partial charge in [0.05, 0.1) is 18.8 Å². The van der Waals surface area contributed by atoms with Crippen LogP contribution in [0.25, 0.3) is 0 Å². The third-order valence-corrected chi connectivity index (χ3v) is 2.29. The number of nitrogens with zero attached hydrogens (tertiary/aromatic N) is 1. The van der Waals surface area contributed by atoms with Gasteiger partial charge in [0.1, 0.15) is 5.75 Å². The molecule has 0 atom stereocenters. The summed E-state index contributed by atoms with van der Waals surface area (Å²) in [6, 6.07) is 3.74. The van der Waals surface area contributed by atoms with Gasteiger partial charge in [0.25, 0.3) is 12.3 Å². The van der Waals surface area contributed by atoms with Gasteiger partial charge in [0.2, 0.25) is 0 Å². The van der Waals surface area contributed by atoms with Crippen LogP contribution >= 0.6 is 0 Å². The number of amides is 1. The van der Waals surface area contributed by atoms with E-state index in [0.29, 0.717) is 0 Å². The molecule has 5 nitrogen and oxygen atoms in total. The van der Waals surface area contributed by atoms with Gasteiger partial charge in [0.15, 0.2) is 0 Å². The molecule has 0 spiro atoms. The maximum absolute atomic E-state index is 12.3. The second-order valence-electron chi connectivity index (χ2n) is 3.64. The maximum atomic E-state index is 12.3. The van der Waals surface area contributed by atoms with Crippen LogP contribution in [0.5, 0.6) is 5.75 Å². The molecule has 0 fully saturated rings. The Labute approximate surface area is 102 Å². The molecule has 0 radical (unpaired) electrons. The summed E-state index contributed by atoms with van der Waals surface area (Å²) >= 11 is 0. The number of phenolic OH excluding ortho intramolecular Hbond substituents is 1. The molecule has 0 aliphatic rings. The van der Waals surface area contributed by atoms with Crippen molar-refractivity contribution in [3.05, 3.63) is 23.8 Å². The van der Waals surface area contributed by atoms with Crippen LogP contribution in [0.4, 0.5) is 14.5 Å². The highest BCUT2D eigenvalue weighted by Gasteiger charge is 2.19. The number of nitrogens with two attached hydrogens (primary N) is 1. The first-order valence-corrected chi connectivity index (χ1v) is 5.22. The second-order valence-corrected chi connectivity index (χ2v) is 3.64. The molecule has 0 bridgehead atoms. The number of carbonyl (C=O) groups is 1. The first kappa shape index (κ1) is 14.2. The zero-order chi connectivity index (χ0) is 13.7. The van der Waals surface area contributed by atoms with Crippen LogP contribution in [-0.4, -0.2) is 47.1 Å². The zero-order valence-corrected chi connectivity index (χ0v) is 9.51. The van der Waals surface area contributed by atoms with Crippen molar-refractivity contribution in [2.45, 2.75) is 6.43 Å². The summed E-state index contributed by atoms with van der Waals surface area (Å²) in [6.45, 7) is -1.39. The highest BCUT2D eigenvalue weighted by atomic mass is 19.3. The van der Waals surface area contributed by atoms with E-state index in [1.165, 1.54) is 12.1 Å². The number of hydrogen-bond donors (Lipinski definition) is 3. The molecule has 1 rings (SSSR count). The van der Waals surface area contributed by atoms with Crippen molar-refractivity contribution in [3.63, 3.8) is 0 Å². The van der Waals surface area contributed by atoms with Gasteiger partial charge in [-0.2, -0.15) is 0 Å². The Morgan fingerprint density at radius 1 is 1.44 bits per heavy atom. The van der Waals surface area contributed by atoms with Gasteiger partial charge in [-0.3, -0.25) is 4.79 Å². The Morgan fingerprint density at radius 2 is 2.11 bits per heavy atom. The van der Waals surface area contributed by atoms with Crippen molar-refractivity contribution in [3.8, 4) is 5.75 Å². The third-order valence-electron chi connectivity index (χ3n) is 2.29. The largest absolute Gasteiger partial charge is 0.506 e. The number of benzene rings is 1. The second kappa shape index (κ2) is 6.15. The van der Waals surface area contributed by atoms with E-state index in [1.54, 1.807) is 0 Å². The first-order chi connectivity index (χ1) is 8.45. The van der Waals surface area contributed by atoms with Gasteiger partial charge in [-0.1, -0.05) is 0 Å². The monoisotopic (exact) mass is 260 g/mol. The van der Waals surface area contributed by atoms with Crippen LogP contribution in [-0.2, 0) is 0 Å². The lowest BCUT2D eigenvalue weighted by atomic mass is 10.1. The van der Waals surface area contributed by atoms with Crippen LogP contribution in [0, 0.1) is 0 Å². The summed E-state index contributed by atoms with van der Waals surface area (Å²) in [5.74, 6) is -0.985. The minimum absolute atomic E-state index is 0.0378. The number of halogens is 2. The van der Waals surface area contributed by atoms with Gasteiger partial charge in [0, 0.05) is 12.1 Å². The molecule has 1 aromatic rings. The number of anilines is 1. The fraction of sp³-hybridized carbons (Fsp3) is 0.364. The van der Waals surface area contributed by atoms with E-state index in [4.69, 9.17) is 10.8 Å². The molecule has 18 heavy (non-hydrogen) atoms. The van der Waals surface area contributed by atoms with Crippen LogP contribution in [0.15, 0.2) is 18.2 Å². The van der Waals surface area contributed by atoms with Gasteiger partial charge in [-0.15, -0.1) is 0 Å². The van der Waals surface area contributed by atoms with Crippen LogP contribution < -0.4 is 5.73 Å². The minimum Gasteiger partial charge on any atom is -0.506 e. The number of carbonyl (C=O) groups excluding carboxylic acids is 1. The molecule has 100 valence electrons. The van der Waals surface area contributed by atoms with E-state index >= 15 is 0 Å². The number of rotatable bonds is 5. The lowest BCUT2D eigenvalue weighted by Gasteiger charge is -2.21. The number of aliphatic hydroxyl groups excluding tert-OH is 1. The number of nitrogen functional groups attached to an aromatic ring is 1. The van der Waals surface area contributed by atoms with Crippen molar-refractivity contribution in [1.29, 1.82) is 0 Å². The topological polar surface area (TPSA) is 86.8 Å². The van der Waals surface area contributed by atoms with Gasteiger partial charge in [-0.05, 0) is 18.2 Å². The average molecular weight is 260 g/mol. The Kier molecular flexibility index (Phi) is 4.85. The zero-order valence-electron chi connectivity index (χ0n) is 9.51. The highest BCUT2D eigenvalue weighted by Crippen LogP contribution is 2.21. The lowest BCUT2D eigenvalue weighted by Crippen LogP contribution is -2.37. The predicted octanol–water partition coefficient (Wildman–Crippen LogP) is 0.674. The van der Waals surface area contributed by atoms with Crippen LogP contribution in [0.1, 0.15) is 10.4 Å². The molecule has 0 aromatic heterocycles. The molecule has 0 aliphatic heterocycles. The normalized spacial score (nSPS) is 10.7. The molecule has 0 heterocycles. The molecule has 4 N–H and O–H groups in total. The van der Waals surface area contributed by atoms with Gasteiger partial charge in [-0.25, -0.2) is 8.78 Å². The van der Waals surface area contributed by atoms with E-state index in [-0.39, 0.29) is 23.5 Å². The highest BCUT2D eigenvalue weighted by molar-refractivity contribution is 5.95. The maximum Gasteiger partial charge on any atom is 0.255 e. The molecule has 1 amide bonds. The molecule has 0 unspecified atom stereocenters. The average Bonchev–Trinajstić information content (AvgIpc) is 2.31. The molecule has 1 aromatic carbocycles. The van der Waals surface area contributed by atoms with E-state index in [1.807, 2.05) is 0 Å². The minimum atomic E-state index is -2.69. The van der Waals surface area contributed by atoms with Crippen molar-refractivity contribution in [1.82, 2.24) is 4.90 Å². The van der Waals surface area contributed by atoms with Crippen molar-refractivity contribution in [2.75, 3.05) is 25.4 Å². The Hall–Kier alpha value is -1.89. The number of hydrogen-bond acceptors (Lipinski definition) is 4. The van der Waals surface area contributed by atoms with E-state index in [2.05, 4.69) is 0 Å². The SMILES string of the molecule is Nc1ccc(C(=O)N(CCO)CC(F)F)cc1O. The summed E-state index contributed by atoms with van der Waals surface area (Å²) in [5.41, 5.74) is 5.50. The molecule has 0 aliphatic carbocycles. The fourth-order valence-corrected chi connectivity index (χ4v) is 1.42. The summed E-state index contributed by atoms with van der Waals surface area (Å²) in [5, 5.41) is 18.1. The first-order valence-electron chi connectivity index (χ1n) is 5.22. The number of alkyl halides is 2. The summed E-state index contributed by atoms with van der Waals surface area (Å²) in [6.07, 6.45) is -2.69. The Morgan fingerprint density at radius 3 is 2.61 bits per heavy atom. The summed E-state index contributed by atoms with van der Waals surface area (Å²) in [4.78, 5) is 12.7. The van der Waals surface area contributed by atoms with Crippen molar-refractivity contribution >= 4 is 11.6 Å². The standard InChI is InChI=1S/C11H14F2N2O3/c12-10(13)6-15(3-4-16)11(18)7-1-2-8(14)9(17)5-7/h1-2,5,10,16-17H,3-4,6,14H2. The molecule has 0 saturated heterocycles. The fourth-order valence-electron chi connectivity index (χ4n) is 1.42.